The SMILES string of the molecule is O=C(O)C1(Cc2cc[nH]c2)COC1. The Kier molecular flexibility index (Phi) is 1.84. The van der Waals surface area contributed by atoms with Crippen molar-refractivity contribution >= 4 is 5.97 Å². The molecule has 70 valence electrons. The summed E-state index contributed by atoms with van der Waals surface area (Å²) in [5.41, 5.74) is 0.341. The van der Waals surface area contributed by atoms with E-state index in [4.69, 9.17) is 9.84 Å². The molecular formula is C9H11NO3. The van der Waals surface area contributed by atoms with Gasteiger partial charge in [-0.05, 0) is 18.1 Å². The fourth-order valence-electron chi connectivity index (χ4n) is 1.51. The van der Waals surface area contributed by atoms with Gasteiger partial charge in [-0.25, -0.2) is 0 Å². The van der Waals surface area contributed by atoms with Crippen molar-refractivity contribution in [2.45, 2.75) is 6.42 Å². The molecule has 1 aliphatic heterocycles. The molecule has 13 heavy (non-hydrogen) atoms. The lowest BCUT2D eigenvalue weighted by Gasteiger charge is -2.37. The summed E-state index contributed by atoms with van der Waals surface area (Å²) in [4.78, 5) is 13.8. The summed E-state index contributed by atoms with van der Waals surface area (Å²) in [6, 6.07) is 1.89. The third-order valence-corrected chi connectivity index (χ3v) is 2.42. The van der Waals surface area contributed by atoms with Gasteiger partial charge in [0.15, 0.2) is 0 Å². The van der Waals surface area contributed by atoms with Crippen molar-refractivity contribution < 1.29 is 14.6 Å². The van der Waals surface area contributed by atoms with Crippen molar-refractivity contribution in [1.82, 2.24) is 4.98 Å². The number of aliphatic carboxylic acids is 1. The summed E-state index contributed by atoms with van der Waals surface area (Å²) < 4.78 is 4.96. The van der Waals surface area contributed by atoms with Crippen LogP contribution in [0.3, 0.4) is 0 Å². The Morgan fingerprint density at radius 1 is 1.69 bits per heavy atom. The zero-order valence-corrected chi connectivity index (χ0v) is 7.12. The second-order valence-corrected chi connectivity index (χ2v) is 3.47. The molecule has 0 bridgehead atoms. The lowest BCUT2D eigenvalue weighted by atomic mass is 9.80. The fraction of sp³-hybridized carbons (Fsp3) is 0.444. The molecule has 0 unspecified atom stereocenters. The molecule has 0 spiro atoms. The smallest absolute Gasteiger partial charge is 0.314 e. The van der Waals surface area contributed by atoms with E-state index in [1.165, 1.54) is 0 Å². The number of nitrogens with one attached hydrogen (secondary N) is 1. The molecule has 1 saturated heterocycles. The highest BCUT2D eigenvalue weighted by atomic mass is 16.5. The van der Waals surface area contributed by atoms with Crippen LogP contribution in [0.15, 0.2) is 18.5 Å². The standard InChI is InChI=1S/C9H11NO3/c11-8(12)9(5-13-6-9)3-7-1-2-10-4-7/h1-2,4,10H,3,5-6H2,(H,11,12). The summed E-state index contributed by atoms with van der Waals surface area (Å²) >= 11 is 0. The molecule has 0 aliphatic carbocycles. The Labute approximate surface area is 75.5 Å². The molecule has 0 amide bonds. The van der Waals surface area contributed by atoms with Gasteiger partial charge in [0.25, 0.3) is 0 Å². The van der Waals surface area contributed by atoms with Gasteiger partial charge < -0.3 is 14.8 Å². The van der Waals surface area contributed by atoms with Crippen LogP contribution in [-0.4, -0.2) is 29.3 Å². The first-order valence-electron chi connectivity index (χ1n) is 4.16. The Balaban J connectivity index is 2.11. The first-order valence-corrected chi connectivity index (χ1v) is 4.16. The molecule has 2 heterocycles. The molecule has 1 fully saturated rings. The van der Waals surface area contributed by atoms with E-state index in [0.29, 0.717) is 19.6 Å². The predicted octanol–water partition coefficient (Wildman–Crippen LogP) is 0.658. The first kappa shape index (κ1) is 8.31. The van der Waals surface area contributed by atoms with Crippen molar-refractivity contribution in [1.29, 1.82) is 0 Å². The third-order valence-electron chi connectivity index (χ3n) is 2.42. The minimum Gasteiger partial charge on any atom is -0.481 e. The van der Waals surface area contributed by atoms with Crippen molar-refractivity contribution in [2.24, 2.45) is 5.41 Å². The van der Waals surface area contributed by atoms with Crippen molar-refractivity contribution in [3.05, 3.63) is 24.0 Å². The normalized spacial score (nSPS) is 19.4. The number of aromatic nitrogens is 1. The zero-order valence-electron chi connectivity index (χ0n) is 7.12. The quantitative estimate of drug-likeness (QED) is 0.720. The van der Waals surface area contributed by atoms with E-state index >= 15 is 0 Å². The maximum absolute atomic E-state index is 10.9. The Bertz CT molecular complexity index is 301. The van der Waals surface area contributed by atoms with Crippen molar-refractivity contribution in [2.75, 3.05) is 13.2 Å². The van der Waals surface area contributed by atoms with Gasteiger partial charge >= 0.3 is 5.97 Å². The minimum absolute atomic E-state index is 0.327. The lowest BCUT2D eigenvalue weighted by molar-refractivity contribution is -0.179. The van der Waals surface area contributed by atoms with Crippen LogP contribution >= 0.6 is 0 Å². The van der Waals surface area contributed by atoms with Crippen LogP contribution in [0.4, 0.5) is 0 Å². The number of carboxylic acids is 1. The number of aromatic amines is 1. The highest BCUT2D eigenvalue weighted by Gasteiger charge is 2.46. The zero-order chi connectivity index (χ0) is 9.31. The van der Waals surface area contributed by atoms with Crippen LogP contribution in [0.1, 0.15) is 5.56 Å². The van der Waals surface area contributed by atoms with Gasteiger partial charge in [0, 0.05) is 12.4 Å². The van der Waals surface area contributed by atoms with Gasteiger partial charge in [-0.15, -0.1) is 0 Å². The Morgan fingerprint density at radius 2 is 2.46 bits per heavy atom. The molecule has 0 radical (unpaired) electrons. The second-order valence-electron chi connectivity index (χ2n) is 3.47. The monoisotopic (exact) mass is 181 g/mol. The van der Waals surface area contributed by atoms with Gasteiger partial charge in [-0.3, -0.25) is 4.79 Å². The van der Waals surface area contributed by atoms with Crippen LogP contribution < -0.4 is 0 Å². The molecule has 1 aliphatic rings. The van der Waals surface area contributed by atoms with Crippen LogP contribution in [-0.2, 0) is 16.0 Å². The summed E-state index contributed by atoms with van der Waals surface area (Å²) in [5, 5.41) is 8.99. The van der Waals surface area contributed by atoms with E-state index in [-0.39, 0.29) is 0 Å². The highest BCUT2D eigenvalue weighted by molar-refractivity contribution is 5.76. The molecule has 0 aromatic carbocycles. The maximum atomic E-state index is 10.9. The molecule has 4 heteroatoms. The van der Waals surface area contributed by atoms with Gasteiger partial charge in [0.2, 0.25) is 0 Å². The molecule has 4 nitrogen and oxygen atoms in total. The molecule has 2 N–H and O–H groups in total. The van der Waals surface area contributed by atoms with Gasteiger partial charge in [-0.2, -0.15) is 0 Å². The average Bonchev–Trinajstić information content (AvgIpc) is 2.47. The number of carboxylic acid groups (broad SMARTS) is 1. The van der Waals surface area contributed by atoms with Crippen LogP contribution in [0.5, 0.6) is 0 Å². The van der Waals surface area contributed by atoms with Crippen molar-refractivity contribution in [3.63, 3.8) is 0 Å². The Morgan fingerprint density at radius 3 is 2.85 bits per heavy atom. The lowest BCUT2D eigenvalue weighted by Crippen LogP contribution is -2.50. The summed E-state index contributed by atoms with van der Waals surface area (Å²) in [6.07, 6.45) is 4.17. The van der Waals surface area contributed by atoms with Gasteiger partial charge in [0.1, 0.15) is 5.41 Å². The van der Waals surface area contributed by atoms with E-state index in [2.05, 4.69) is 4.98 Å². The number of hydrogen-bond donors (Lipinski definition) is 2. The van der Waals surface area contributed by atoms with Crippen LogP contribution in [0.25, 0.3) is 0 Å². The number of rotatable bonds is 3. The third kappa shape index (κ3) is 1.33. The molecule has 0 atom stereocenters. The minimum atomic E-state index is -0.764. The summed E-state index contributed by atoms with van der Waals surface area (Å²) in [7, 11) is 0. The number of ether oxygens (including phenoxy) is 1. The largest absolute Gasteiger partial charge is 0.481 e. The molecule has 1 aromatic heterocycles. The average molecular weight is 181 g/mol. The molecule has 0 saturated carbocycles. The van der Waals surface area contributed by atoms with Gasteiger partial charge in [-0.1, -0.05) is 0 Å². The summed E-state index contributed by atoms with van der Waals surface area (Å²) in [6.45, 7) is 0.654. The van der Waals surface area contributed by atoms with E-state index in [1.54, 1.807) is 6.20 Å². The van der Waals surface area contributed by atoms with Gasteiger partial charge in [0.05, 0.1) is 13.2 Å². The predicted molar refractivity (Wildman–Crippen MR) is 45.4 cm³/mol. The first-order chi connectivity index (χ1) is 6.23. The topological polar surface area (TPSA) is 62.3 Å². The second kappa shape index (κ2) is 2.88. The Hall–Kier alpha value is -1.29. The maximum Gasteiger partial charge on any atom is 0.314 e. The van der Waals surface area contributed by atoms with Crippen molar-refractivity contribution in [3.8, 4) is 0 Å². The van der Waals surface area contributed by atoms with E-state index in [1.807, 2.05) is 12.3 Å². The number of hydrogen-bond acceptors (Lipinski definition) is 2. The van der Waals surface area contributed by atoms with Crippen LogP contribution in [0, 0.1) is 5.41 Å². The molecule has 2 rings (SSSR count). The highest BCUT2D eigenvalue weighted by Crippen LogP contribution is 2.31. The number of carbonyl (C=O) groups is 1. The number of H-pyrrole nitrogens is 1. The molecule has 1 aromatic rings. The molecular weight excluding hydrogens is 170 g/mol. The fourth-order valence-corrected chi connectivity index (χ4v) is 1.51. The summed E-state index contributed by atoms with van der Waals surface area (Å²) in [5.74, 6) is -0.764. The van der Waals surface area contributed by atoms with E-state index in [0.717, 1.165) is 5.56 Å². The van der Waals surface area contributed by atoms with Crippen LogP contribution in [0.2, 0.25) is 0 Å². The van der Waals surface area contributed by atoms with E-state index < -0.39 is 11.4 Å². The van der Waals surface area contributed by atoms with E-state index in [9.17, 15) is 4.79 Å².